The number of ether oxygens (including phenoxy) is 2. The number of carbonyl (C=O) groups excluding carboxylic acids is 3. The van der Waals surface area contributed by atoms with Crippen molar-refractivity contribution in [2.24, 2.45) is 0 Å². The summed E-state index contributed by atoms with van der Waals surface area (Å²) in [4.78, 5) is 39.1. The van der Waals surface area contributed by atoms with Crippen LogP contribution in [0.1, 0.15) is 11.1 Å². The van der Waals surface area contributed by atoms with Gasteiger partial charge in [0.1, 0.15) is 23.7 Å². The van der Waals surface area contributed by atoms with Crippen molar-refractivity contribution in [2.75, 3.05) is 12.0 Å². The zero-order chi connectivity index (χ0) is 25.1. The number of amides is 4. The summed E-state index contributed by atoms with van der Waals surface area (Å²) in [5.41, 5.74) is 1.25. The normalized spacial score (nSPS) is 14.8. The second-order valence-corrected chi connectivity index (χ2v) is 9.01. The topological polar surface area (TPSA) is 84.9 Å². The first-order chi connectivity index (χ1) is 16.8. The Morgan fingerprint density at radius 3 is 2.49 bits per heavy atom. The second kappa shape index (κ2) is 10.5. The van der Waals surface area contributed by atoms with Gasteiger partial charge < -0.3 is 9.47 Å². The molecule has 7 nitrogen and oxygen atoms in total. The molecule has 1 aliphatic heterocycles. The van der Waals surface area contributed by atoms with Crippen LogP contribution in [0.2, 0.25) is 10.0 Å². The molecular weight excluding hydrogens is 559 g/mol. The Morgan fingerprint density at radius 2 is 1.77 bits per heavy atom. The van der Waals surface area contributed by atoms with Crippen molar-refractivity contribution < 1.29 is 23.9 Å². The first-order valence-electron chi connectivity index (χ1n) is 10.2. The van der Waals surface area contributed by atoms with Crippen LogP contribution in [0, 0.1) is 0 Å². The van der Waals surface area contributed by atoms with E-state index >= 15 is 0 Å². The number of rotatable bonds is 6. The summed E-state index contributed by atoms with van der Waals surface area (Å²) >= 11 is 15.5. The maximum atomic E-state index is 13.2. The molecule has 1 fully saturated rings. The fourth-order valence-corrected chi connectivity index (χ4v) is 4.02. The van der Waals surface area contributed by atoms with Gasteiger partial charge in [-0.25, -0.2) is 9.69 Å². The standard InChI is InChI=1S/C25H17BrCl2N2O5/c1-34-17-8-6-14(22(12-17)35-13-15-4-2-3-5-19(15)26)10-18-23(31)29-25(33)30(24(18)32)16-7-9-20(27)21(28)11-16/h2-12H,13H2,1H3,(H,29,31,33)/b18-10+. The van der Waals surface area contributed by atoms with Crippen LogP contribution in [0.5, 0.6) is 11.5 Å². The summed E-state index contributed by atoms with van der Waals surface area (Å²) in [5, 5.41) is 2.60. The lowest BCUT2D eigenvalue weighted by Crippen LogP contribution is -2.54. The first kappa shape index (κ1) is 24.8. The van der Waals surface area contributed by atoms with E-state index in [0.29, 0.717) is 17.1 Å². The van der Waals surface area contributed by atoms with E-state index in [-0.39, 0.29) is 27.9 Å². The smallest absolute Gasteiger partial charge is 0.335 e. The fourth-order valence-electron chi connectivity index (χ4n) is 3.33. The summed E-state index contributed by atoms with van der Waals surface area (Å²) in [5.74, 6) is -0.735. The van der Waals surface area contributed by atoms with Gasteiger partial charge >= 0.3 is 6.03 Å². The molecule has 10 heteroatoms. The van der Waals surface area contributed by atoms with Crippen molar-refractivity contribution in [1.29, 1.82) is 0 Å². The largest absolute Gasteiger partial charge is 0.497 e. The highest BCUT2D eigenvalue weighted by molar-refractivity contribution is 9.10. The number of halogens is 3. The van der Waals surface area contributed by atoms with Crippen LogP contribution in [-0.4, -0.2) is 25.0 Å². The highest BCUT2D eigenvalue weighted by Crippen LogP contribution is 2.32. The predicted octanol–water partition coefficient (Wildman–Crippen LogP) is 6.01. The Balaban J connectivity index is 1.70. The number of benzene rings is 3. The van der Waals surface area contributed by atoms with Gasteiger partial charge in [0.25, 0.3) is 11.8 Å². The lowest BCUT2D eigenvalue weighted by molar-refractivity contribution is -0.122. The highest BCUT2D eigenvalue weighted by atomic mass is 79.9. The number of carbonyl (C=O) groups is 3. The third-order valence-electron chi connectivity index (χ3n) is 5.12. The summed E-state index contributed by atoms with van der Waals surface area (Å²) in [7, 11) is 1.52. The van der Waals surface area contributed by atoms with E-state index in [1.54, 1.807) is 18.2 Å². The summed E-state index contributed by atoms with van der Waals surface area (Å²) in [6, 6.07) is 15.9. The number of hydrogen-bond acceptors (Lipinski definition) is 5. The van der Waals surface area contributed by atoms with E-state index in [9.17, 15) is 14.4 Å². The average Bonchev–Trinajstić information content (AvgIpc) is 2.83. The predicted molar refractivity (Wildman–Crippen MR) is 137 cm³/mol. The molecule has 0 radical (unpaired) electrons. The van der Waals surface area contributed by atoms with E-state index < -0.39 is 17.8 Å². The van der Waals surface area contributed by atoms with Gasteiger partial charge in [-0.1, -0.05) is 57.3 Å². The van der Waals surface area contributed by atoms with Crippen LogP contribution in [0.25, 0.3) is 6.08 Å². The average molecular weight is 576 g/mol. The van der Waals surface area contributed by atoms with Crippen molar-refractivity contribution in [3.05, 3.63) is 91.9 Å². The maximum absolute atomic E-state index is 13.2. The highest BCUT2D eigenvalue weighted by Gasteiger charge is 2.37. The van der Waals surface area contributed by atoms with Crippen molar-refractivity contribution in [3.63, 3.8) is 0 Å². The molecule has 1 aliphatic rings. The van der Waals surface area contributed by atoms with E-state index in [2.05, 4.69) is 21.2 Å². The zero-order valence-electron chi connectivity index (χ0n) is 18.2. The Kier molecular flexibility index (Phi) is 7.45. The number of nitrogens with zero attached hydrogens (tertiary/aromatic N) is 1. The molecule has 4 amide bonds. The number of nitrogens with one attached hydrogen (secondary N) is 1. The van der Waals surface area contributed by atoms with Crippen LogP contribution in [0.15, 0.2) is 70.7 Å². The molecule has 1 N–H and O–H groups in total. The Morgan fingerprint density at radius 1 is 1.00 bits per heavy atom. The van der Waals surface area contributed by atoms with Crippen molar-refractivity contribution >= 4 is 68.7 Å². The van der Waals surface area contributed by atoms with Gasteiger partial charge in [0, 0.05) is 21.7 Å². The van der Waals surface area contributed by atoms with E-state index in [4.69, 9.17) is 32.7 Å². The molecule has 0 bridgehead atoms. The van der Waals surface area contributed by atoms with Gasteiger partial charge in [0.05, 0.1) is 22.8 Å². The maximum Gasteiger partial charge on any atom is 0.335 e. The van der Waals surface area contributed by atoms with Crippen molar-refractivity contribution in [3.8, 4) is 11.5 Å². The molecule has 0 aliphatic carbocycles. The van der Waals surface area contributed by atoms with E-state index in [1.807, 2.05) is 24.3 Å². The minimum Gasteiger partial charge on any atom is -0.497 e. The van der Waals surface area contributed by atoms with Gasteiger partial charge in [0.2, 0.25) is 0 Å². The third kappa shape index (κ3) is 5.35. The van der Waals surface area contributed by atoms with Crippen LogP contribution >= 0.6 is 39.1 Å². The number of imide groups is 2. The number of anilines is 1. The first-order valence-corrected chi connectivity index (χ1v) is 11.7. The fraction of sp³-hybridized carbons (Fsp3) is 0.0800. The molecule has 0 aromatic heterocycles. The van der Waals surface area contributed by atoms with Gasteiger partial charge in [-0.2, -0.15) is 0 Å². The quantitative estimate of drug-likeness (QED) is 0.287. The van der Waals surface area contributed by atoms with Gasteiger partial charge in [-0.15, -0.1) is 0 Å². The molecule has 3 aromatic carbocycles. The Labute approximate surface area is 219 Å². The lowest BCUT2D eigenvalue weighted by Gasteiger charge is -2.26. The monoisotopic (exact) mass is 574 g/mol. The molecule has 3 aromatic rings. The number of urea groups is 1. The molecule has 35 heavy (non-hydrogen) atoms. The molecule has 178 valence electrons. The van der Waals surface area contributed by atoms with E-state index in [1.165, 1.54) is 31.4 Å². The summed E-state index contributed by atoms with van der Waals surface area (Å²) in [6.45, 7) is 0.221. The minimum atomic E-state index is -0.893. The zero-order valence-corrected chi connectivity index (χ0v) is 21.3. The van der Waals surface area contributed by atoms with Crippen molar-refractivity contribution in [2.45, 2.75) is 6.61 Å². The van der Waals surface area contributed by atoms with Crippen LogP contribution < -0.4 is 19.7 Å². The molecule has 0 unspecified atom stereocenters. The molecule has 1 heterocycles. The number of methoxy groups -OCH3 is 1. The molecular formula is C25H17BrCl2N2O5. The van der Waals surface area contributed by atoms with Gasteiger partial charge in [0.15, 0.2) is 0 Å². The van der Waals surface area contributed by atoms with Gasteiger partial charge in [-0.05, 0) is 42.5 Å². The van der Waals surface area contributed by atoms with E-state index in [0.717, 1.165) is 14.9 Å². The summed E-state index contributed by atoms with van der Waals surface area (Å²) in [6.07, 6.45) is 1.36. The van der Waals surface area contributed by atoms with Gasteiger partial charge in [-0.3, -0.25) is 14.9 Å². The minimum absolute atomic E-state index is 0.158. The third-order valence-corrected chi connectivity index (χ3v) is 6.64. The molecule has 0 spiro atoms. The molecule has 1 saturated heterocycles. The Bertz CT molecular complexity index is 1380. The molecule has 0 saturated carbocycles. The number of hydrogen-bond donors (Lipinski definition) is 1. The lowest BCUT2D eigenvalue weighted by atomic mass is 10.1. The second-order valence-electron chi connectivity index (χ2n) is 7.34. The van der Waals surface area contributed by atoms with Crippen molar-refractivity contribution in [1.82, 2.24) is 5.32 Å². The molecule has 4 rings (SSSR count). The van der Waals surface area contributed by atoms with Crippen LogP contribution in [0.4, 0.5) is 10.5 Å². The SMILES string of the molecule is COc1ccc(/C=C2\C(=O)NC(=O)N(c3ccc(Cl)c(Cl)c3)C2=O)c(OCc2ccccc2Br)c1. The number of barbiturate groups is 1. The van der Waals surface area contributed by atoms with Crippen LogP contribution in [-0.2, 0) is 16.2 Å². The Hall–Kier alpha value is -3.33. The van der Waals surface area contributed by atoms with Crippen LogP contribution in [0.3, 0.4) is 0 Å². The summed E-state index contributed by atoms with van der Waals surface area (Å²) < 4.78 is 12.2. The molecule has 0 atom stereocenters.